The van der Waals surface area contributed by atoms with Crippen molar-refractivity contribution in [2.45, 2.75) is 59.5 Å². The molecule has 20 heavy (non-hydrogen) atoms. The van der Waals surface area contributed by atoms with Crippen molar-refractivity contribution in [1.82, 2.24) is 5.32 Å². The zero-order chi connectivity index (χ0) is 15.1. The summed E-state index contributed by atoms with van der Waals surface area (Å²) in [6, 6.07) is 8.03. The summed E-state index contributed by atoms with van der Waals surface area (Å²) in [5, 5.41) is 6.35. The van der Waals surface area contributed by atoms with E-state index in [1.165, 1.54) is 5.56 Å². The second kappa shape index (κ2) is 8.05. The average Bonchev–Trinajstić information content (AvgIpc) is 2.42. The molecular formula is C17H28N2O. The molecule has 0 saturated carbocycles. The number of anilines is 1. The van der Waals surface area contributed by atoms with Crippen LogP contribution in [0.25, 0.3) is 0 Å². The third kappa shape index (κ3) is 4.97. The molecule has 3 heteroatoms. The van der Waals surface area contributed by atoms with Crippen molar-refractivity contribution in [2.75, 3.05) is 5.32 Å². The van der Waals surface area contributed by atoms with E-state index in [0.717, 1.165) is 18.5 Å². The van der Waals surface area contributed by atoms with Crippen molar-refractivity contribution in [1.29, 1.82) is 0 Å². The van der Waals surface area contributed by atoms with Crippen LogP contribution in [0, 0.1) is 12.8 Å². The molecule has 0 aliphatic heterocycles. The fourth-order valence-electron chi connectivity index (χ4n) is 2.49. The number of carbonyl (C=O) groups is 1. The molecule has 1 amide bonds. The highest BCUT2D eigenvalue weighted by atomic mass is 16.2. The summed E-state index contributed by atoms with van der Waals surface area (Å²) in [6.07, 6.45) is 2.27. The maximum atomic E-state index is 12.2. The molecule has 0 saturated heterocycles. The molecule has 0 aliphatic rings. The number of aryl methyl sites for hydroxylation is 1. The molecular weight excluding hydrogens is 248 g/mol. The molecule has 1 rings (SSSR count). The van der Waals surface area contributed by atoms with E-state index in [2.05, 4.69) is 31.4 Å². The fourth-order valence-corrected chi connectivity index (χ4v) is 2.49. The number of carbonyl (C=O) groups excluding carboxylic acids is 1. The van der Waals surface area contributed by atoms with Gasteiger partial charge in [0.2, 0.25) is 5.91 Å². The molecule has 2 N–H and O–H groups in total. The van der Waals surface area contributed by atoms with E-state index in [0.29, 0.717) is 12.0 Å². The summed E-state index contributed by atoms with van der Waals surface area (Å²) in [6.45, 7) is 10.5. The molecule has 2 unspecified atom stereocenters. The molecule has 0 spiro atoms. The molecule has 1 aromatic carbocycles. The van der Waals surface area contributed by atoms with Crippen LogP contribution < -0.4 is 10.6 Å². The molecule has 1 aromatic rings. The lowest BCUT2D eigenvalue weighted by Gasteiger charge is -2.26. The smallest absolute Gasteiger partial charge is 0.241 e. The molecule has 112 valence electrons. The van der Waals surface area contributed by atoms with Gasteiger partial charge < -0.3 is 10.6 Å². The van der Waals surface area contributed by atoms with Crippen molar-refractivity contribution < 1.29 is 4.79 Å². The van der Waals surface area contributed by atoms with Crippen LogP contribution in [0.5, 0.6) is 0 Å². The first-order chi connectivity index (χ1) is 9.47. The van der Waals surface area contributed by atoms with Crippen LogP contribution in [0.2, 0.25) is 0 Å². The molecule has 0 bridgehead atoms. The average molecular weight is 276 g/mol. The first-order valence-corrected chi connectivity index (χ1v) is 7.61. The van der Waals surface area contributed by atoms with E-state index in [1.807, 2.05) is 38.1 Å². The van der Waals surface area contributed by atoms with Crippen LogP contribution in [0.1, 0.15) is 46.1 Å². The fraction of sp³-hybridized carbons (Fsp3) is 0.588. The maximum absolute atomic E-state index is 12.2. The van der Waals surface area contributed by atoms with Gasteiger partial charge in [-0.1, -0.05) is 44.4 Å². The zero-order valence-corrected chi connectivity index (χ0v) is 13.4. The summed E-state index contributed by atoms with van der Waals surface area (Å²) in [4.78, 5) is 12.2. The van der Waals surface area contributed by atoms with Crippen molar-refractivity contribution >= 4 is 11.6 Å². The Labute approximate surface area is 123 Å². The van der Waals surface area contributed by atoms with E-state index in [-0.39, 0.29) is 11.9 Å². The lowest BCUT2D eigenvalue weighted by atomic mass is 9.95. The summed E-state index contributed by atoms with van der Waals surface area (Å²) >= 11 is 0. The minimum absolute atomic E-state index is 0.0201. The number of rotatable bonds is 7. The molecule has 0 aromatic heterocycles. The predicted molar refractivity (Wildman–Crippen MR) is 85.9 cm³/mol. The topological polar surface area (TPSA) is 41.1 Å². The highest BCUT2D eigenvalue weighted by Crippen LogP contribution is 2.14. The quantitative estimate of drug-likeness (QED) is 0.796. The molecule has 0 radical (unpaired) electrons. The lowest BCUT2D eigenvalue weighted by Crippen LogP contribution is -2.45. The Morgan fingerprint density at radius 3 is 2.15 bits per heavy atom. The Kier molecular flexibility index (Phi) is 6.73. The summed E-state index contributed by atoms with van der Waals surface area (Å²) in [5.41, 5.74) is 2.04. The second-order valence-electron chi connectivity index (χ2n) is 5.61. The number of nitrogens with one attached hydrogen (secondary N) is 2. The summed E-state index contributed by atoms with van der Waals surface area (Å²) in [7, 11) is 0. The van der Waals surface area contributed by atoms with Gasteiger partial charge in [0, 0.05) is 11.7 Å². The summed E-state index contributed by atoms with van der Waals surface area (Å²) < 4.78 is 0. The Bertz CT molecular complexity index is 410. The largest absolute Gasteiger partial charge is 0.325 e. The zero-order valence-electron chi connectivity index (χ0n) is 13.4. The van der Waals surface area contributed by atoms with Gasteiger partial charge in [-0.3, -0.25) is 4.79 Å². The Morgan fingerprint density at radius 2 is 1.65 bits per heavy atom. The van der Waals surface area contributed by atoms with Gasteiger partial charge in [-0.15, -0.1) is 0 Å². The third-order valence-electron chi connectivity index (χ3n) is 3.98. The molecule has 2 atom stereocenters. The molecule has 0 aliphatic carbocycles. The number of amides is 1. The second-order valence-corrected chi connectivity index (χ2v) is 5.61. The number of hydrogen-bond donors (Lipinski definition) is 2. The van der Waals surface area contributed by atoms with E-state index in [1.54, 1.807) is 0 Å². The molecule has 0 fully saturated rings. The van der Waals surface area contributed by atoms with E-state index < -0.39 is 0 Å². The third-order valence-corrected chi connectivity index (χ3v) is 3.98. The number of hydrogen-bond acceptors (Lipinski definition) is 2. The van der Waals surface area contributed by atoms with Crippen LogP contribution in [-0.2, 0) is 4.79 Å². The van der Waals surface area contributed by atoms with Gasteiger partial charge in [-0.2, -0.15) is 0 Å². The lowest BCUT2D eigenvalue weighted by molar-refractivity contribution is -0.118. The Hall–Kier alpha value is -1.35. The normalized spacial score (nSPS) is 14.1. The van der Waals surface area contributed by atoms with E-state index in [9.17, 15) is 4.79 Å². The van der Waals surface area contributed by atoms with Gasteiger partial charge >= 0.3 is 0 Å². The first-order valence-electron chi connectivity index (χ1n) is 7.61. The van der Waals surface area contributed by atoms with Crippen LogP contribution >= 0.6 is 0 Å². The van der Waals surface area contributed by atoms with Crippen molar-refractivity contribution in [3.05, 3.63) is 29.8 Å². The SMILES string of the molecule is CCC(CC)C(C)NC(C)C(=O)Nc1ccc(C)cc1. The van der Waals surface area contributed by atoms with Crippen LogP contribution in [-0.4, -0.2) is 18.0 Å². The Balaban J connectivity index is 2.52. The highest BCUT2D eigenvalue weighted by molar-refractivity contribution is 5.94. The minimum Gasteiger partial charge on any atom is -0.325 e. The van der Waals surface area contributed by atoms with E-state index >= 15 is 0 Å². The Morgan fingerprint density at radius 1 is 1.10 bits per heavy atom. The molecule has 3 nitrogen and oxygen atoms in total. The van der Waals surface area contributed by atoms with Gasteiger partial charge in [0.05, 0.1) is 6.04 Å². The van der Waals surface area contributed by atoms with Crippen molar-refractivity contribution in [3.8, 4) is 0 Å². The van der Waals surface area contributed by atoms with E-state index in [4.69, 9.17) is 0 Å². The minimum atomic E-state index is -0.188. The van der Waals surface area contributed by atoms with Crippen LogP contribution in [0.3, 0.4) is 0 Å². The predicted octanol–water partition coefficient (Wildman–Crippen LogP) is 3.74. The van der Waals surface area contributed by atoms with Crippen LogP contribution in [0.15, 0.2) is 24.3 Å². The standard InChI is InChI=1S/C17H28N2O/c1-6-15(7-2)13(4)18-14(5)17(20)19-16-10-8-12(3)9-11-16/h8-11,13-15,18H,6-7H2,1-5H3,(H,19,20). The van der Waals surface area contributed by atoms with Crippen molar-refractivity contribution in [3.63, 3.8) is 0 Å². The van der Waals surface area contributed by atoms with Crippen LogP contribution in [0.4, 0.5) is 5.69 Å². The van der Waals surface area contributed by atoms with Gasteiger partial charge in [0.25, 0.3) is 0 Å². The maximum Gasteiger partial charge on any atom is 0.241 e. The number of benzene rings is 1. The van der Waals surface area contributed by atoms with Gasteiger partial charge in [-0.05, 0) is 38.8 Å². The van der Waals surface area contributed by atoms with Crippen molar-refractivity contribution in [2.24, 2.45) is 5.92 Å². The van der Waals surface area contributed by atoms with Gasteiger partial charge in [0.1, 0.15) is 0 Å². The van der Waals surface area contributed by atoms with Gasteiger partial charge in [0.15, 0.2) is 0 Å². The van der Waals surface area contributed by atoms with Gasteiger partial charge in [-0.25, -0.2) is 0 Å². The highest BCUT2D eigenvalue weighted by Gasteiger charge is 2.19. The summed E-state index contributed by atoms with van der Waals surface area (Å²) in [5.74, 6) is 0.635. The molecule has 0 heterocycles. The first kappa shape index (κ1) is 16.7. The monoisotopic (exact) mass is 276 g/mol.